The fraction of sp³-hybridized carbons (Fsp3) is 0.300. The van der Waals surface area contributed by atoms with Gasteiger partial charge in [0, 0.05) is 13.0 Å². The van der Waals surface area contributed by atoms with Crippen molar-refractivity contribution < 1.29 is 13.2 Å². The first-order valence-corrected chi connectivity index (χ1v) is 10.4. The number of sulfonamides is 1. The summed E-state index contributed by atoms with van der Waals surface area (Å²) in [7, 11) is -3.53. The van der Waals surface area contributed by atoms with Gasteiger partial charge in [-0.1, -0.05) is 38.1 Å². The van der Waals surface area contributed by atoms with Crippen molar-refractivity contribution >= 4 is 27.3 Å². The molecule has 0 spiro atoms. The molecule has 0 unspecified atom stereocenters. The van der Waals surface area contributed by atoms with Gasteiger partial charge in [0.25, 0.3) is 0 Å². The van der Waals surface area contributed by atoms with Gasteiger partial charge in [0.2, 0.25) is 15.9 Å². The van der Waals surface area contributed by atoms with E-state index in [9.17, 15) is 13.2 Å². The summed E-state index contributed by atoms with van der Waals surface area (Å²) in [6, 6.07) is 16.0. The number of anilines is 2. The molecule has 7 heteroatoms. The maximum atomic E-state index is 12.2. The Morgan fingerprint density at radius 2 is 1.78 bits per heavy atom. The number of para-hydroxylation sites is 1. The van der Waals surface area contributed by atoms with Crippen LogP contribution in [0, 0.1) is 11.3 Å². The molecule has 0 aliphatic carbocycles. The lowest BCUT2D eigenvalue weighted by molar-refractivity contribution is -0.116. The number of nitrogens with zero attached hydrogens (tertiary/aromatic N) is 2. The van der Waals surface area contributed by atoms with Crippen LogP contribution in [0.1, 0.15) is 37.3 Å². The predicted molar refractivity (Wildman–Crippen MR) is 107 cm³/mol. The van der Waals surface area contributed by atoms with E-state index in [1.54, 1.807) is 36.4 Å². The Kier molecular flexibility index (Phi) is 6.59. The molecular weight excluding hydrogens is 362 g/mol. The zero-order valence-electron chi connectivity index (χ0n) is 15.6. The molecule has 0 saturated carbocycles. The molecule has 0 aliphatic heterocycles. The summed E-state index contributed by atoms with van der Waals surface area (Å²) in [6.07, 6.45) is 1.09. The molecule has 0 bridgehead atoms. The molecule has 0 aromatic heterocycles. The van der Waals surface area contributed by atoms with Gasteiger partial charge < -0.3 is 5.32 Å². The van der Waals surface area contributed by atoms with Gasteiger partial charge in [0.05, 0.1) is 23.2 Å². The molecule has 0 atom stereocenters. The first kappa shape index (κ1) is 20.5. The maximum Gasteiger partial charge on any atom is 0.232 e. The third kappa shape index (κ3) is 5.56. The van der Waals surface area contributed by atoms with Crippen molar-refractivity contribution in [3.8, 4) is 6.07 Å². The van der Waals surface area contributed by atoms with Crippen molar-refractivity contribution in [2.24, 2.45) is 0 Å². The molecule has 142 valence electrons. The highest BCUT2D eigenvalue weighted by Crippen LogP contribution is 2.22. The second-order valence-electron chi connectivity index (χ2n) is 6.54. The molecule has 0 aliphatic rings. The van der Waals surface area contributed by atoms with E-state index in [-0.39, 0.29) is 18.9 Å². The third-order valence-electron chi connectivity index (χ3n) is 4.11. The van der Waals surface area contributed by atoms with Crippen LogP contribution in [0.2, 0.25) is 0 Å². The fourth-order valence-electron chi connectivity index (χ4n) is 2.62. The van der Waals surface area contributed by atoms with Crippen LogP contribution >= 0.6 is 0 Å². The first-order valence-electron chi connectivity index (χ1n) is 8.59. The summed E-state index contributed by atoms with van der Waals surface area (Å²) in [5.74, 6) is -0.0122. The number of benzene rings is 2. The molecule has 1 amide bonds. The lowest BCUT2D eigenvalue weighted by Gasteiger charge is -2.22. The number of hydrogen-bond donors (Lipinski definition) is 1. The van der Waals surface area contributed by atoms with Gasteiger partial charge in [-0.15, -0.1) is 0 Å². The topological polar surface area (TPSA) is 90.3 Å². The molecule has 6 nitrogen and oxygen atoms in total. The van der Waals surface area contributed by atoms with Crippen LogP contribution in [-0.2, 0) is 14.8 Å². The summed E-state index contributed by atoms with van der Waals surface area (Å²) in [5, 5.41) is 11.7. The molecule has 2 rings (SSSR count). The summed E-state index contributed by atoms with van der Waals surface area (Å²) in [6.45, 7) is 4.14. The number of rotatable bonds is 7. The van der Waals surface area contributed by atoms with Crippen molar-refractivity contribution in [2.75, 3.05) is 22.4 Å². The molecule has 0 radical (unpaired) electrons. The standard InChI is InChI=1S/C20H23N3O3S/c1-15(2)16-8-10-18(11-9-16)23(27(3,25)26)13-12-20(24)22-19-7-5-4-6-17(19)14-21/h4-11,15H,12-13H2,1-3H3,(H,22,24). The SMILES string of the molecule is CC(C)c1ccc(N(CCC(=O)Nc2ccccc2C#N)S(C)(=O)=O)cc1. The number of nitriles is 1. The number of amides is 1. The highest BCUT2D eigenvalue weighted by molar-refractivity contribution is 7.92. The van der Waals surface area contributed by atoms with E-state index >= 15 is 0 Å². The molecular formula is C20H23N3O3S. The fourth-order valence-corrected chi connectivity index (χ4v) is 3.54. The van der Waals surface area contributed by atoms with Crippen LogP contribution in [0.3, 0.4) is 0 Å². The highest BCUT2D eigenvalue weighted by Gasteiger charge is 2.19. The smallest absolute Gasteiger partial charge is 0.232 e. The molecule has 0 heterocycles. The average molecular weight is 385 g/mol. The average Bonchev–Trinajstić information content (AvgIpc) is 2.61. The first-order chi connectivity index (χ1) is 12.7. The van der Waals surface area contributed by atoms with E-state index in [1.807, 2.05) is 18.2 Å². The molecule has 2 aromatic rings. The van der Waals surface area contributed by atoms with Crippen molar-refractivity contribution in [3.63, 3.8) is 0 Å². The lowest BCUT2D eigenvalue weighted by atomic mass is 10.0. The monoisotopic (exact) mass is 385 g/mol. The highest BCUT2D eigenvalue weighted by atomic mass is 32.2. The minimum atomic E-state index is -3.53. The molecule has 2 aromatic carbocycles. The predicted octanol–water partition coefficient (Wildman–Crippen LogP) is 3.48. The Hall–Kier alpha value is -2.85. The Balaban J connectivity index is 2.11. The minimum absolute atomic E-state index is 0.0143. The summed E-state index contributed by atoms with van der Waals surface area (Å²) in [4.78, 5) is 12.2. The Morgan fingerprint density at radius 1 is 1.15 bits per heavy atom. The number of nitrogens with one attached hydrogen (secondary N) is 1. The molecule has 0 fully saturated rings. The van der Waals surface area contributed by atoms with Gasteiger partial charge >= 0.3 is 0 Å². The summed E-state index contributed by atoms with van der Waals surface area (Å²) < 4.78 is 25.6. The summed E-state index contributed by atoms with van der Waals surface area (Å²) >= 11 is 0. The quantitative estimate of drug-likeness (QED) is 0.790. The third-order valence-corrected chi connectivity index (χ3v) is 5.31. The van der Waals surface area contributed by atoms with Gasteiger partial charge in [-0.05, 0) is 35.7 Å². The van der Waals surface area contributed by atoms with Crippen LogP contribution < -0.4 is 9.62 Å². The number of hydrogen-bond acceptors (Lipinski definition) is 4. The van der Waals surface area contributed by atoms with E-state index in [0.717, 1.165) is 11.8 Å². The Morgan fingerprint density at radius 3 is 2.33 bits per heavy atom. The molecule has 27 heavy (non-hydrogen) atoms. The van der Waals surface area contributed by atoms with Crippen molar-refractivity contribution in [1.29, 1.82) is 5.26 Å². The van der Waals surface area contributed by atoms with Gasteiger partial charge in [0.15, 0.2) is 0 Å². The van der Waals surface area contributed by atoms with Crippen LogP contribution in [0.4, 0.5) is 11.4 Å². The van der Waals surface area contributed by atoms with E-state index in [1.165, 1.54) is 4.31 Å². The van der Waals surface area contributed by atoms with E-state index in [0.29, 0.717) is 22.9 Å². The molecule has 0 saturated heterocycles. The molecule has 1 N–H and O–H groups in total. The van der Waals surface area contributed by atoms with Crippen molar-refractivity contribution in [2.45, 2.75) is 26.2 Å². The normalized spacial score (nSPS) is 11.1. The van der Waals surface area contributed by atoms with Crippen LogP contribution in [-0.4, -0.2) is 27.1 Å². The Labute approximate surface area is 160 Å². The van der Waals surface area contributed by atoms with Gasteiger partial charge in [-0.2, -0.15) is 5.26 Å². The van der Waals surface area contributed by atoms with Gasteiger partial charge in [0.1, 0.15) is 6.07 Å². The summed E-state index contributed by atoms with van der Waals surface area (Å²) in [5.41, 5.74) is 2.40. The van der Waals surface area contributed by atoms with Crippen LogP contribution in [0.25, 0.3) is 0 Å². The van der Waals surface area contributed by atoms with Crippen molar-refractivity contribution in [1.82, 2.24) is 0 Å². The van der Waals surface area contributed by atoms with E-state index in [2.05, 4.69) is 19.2 Å². The van der Waals surface area contributed by atoms with E-state index in [4.69, 9.17) is 5.26 Å². The Bertz CT molecular complexity index is 945. The van der Waals surface area contributed by atoms with E-state index < -0.39 is 10.0 Å². The minimum Gasteiger partial charge on any atom is -0.325 e. The largest absolute Gasteiger partial charge is 0.325 e. The number of carbonyl (C=O) groups is 1. The zero-order chi connectivity index (χ0) is 20.0. The van der Waals surface area contributed by atoms with Gasteiger partial charge in [-0.25, -0.2) is 8.42 Å². The van der Waals surface area contributed by atoms with Crippen LogP contribution in [0.15, 0.2) is 48.5 Å². The second kappa shape index (κ2) is 8.69. The number of carbonyl (C=O) groups excluding carboxylic acids is 1. The maximum absolute atomic E-state index is 12.2. The van der Waals surface area contributed by atoms with Gasteiger partial charge in [-0.3, -0.25) is 9.10 Å². The van der Waals surface area contributed by atoms with Crippen molar-refractivity contribution in [3.05, 3.63) is 59.7 Å². The van der Waals surface area contributed by atoms with Crippen LogP contribution in [0.5, 0.6) is 0 Å². The zero-order valence-corrected chi connectivity index (χ0v) is 16.5. The lowest BCUT2D eigenvalue weighted by Crippen LogP contribution is -2.33. The second-order valence-corrected chi connectivity index (χ2v) is 8.44.